The van der Waals surface area contributed by atoms with Crippen molar-refractivity contribution in [1.29, 1.82) is 0 Å². The Morgan fingerprint density at radius 3 is 2.81 bits per heavy atom. The second-order valence-corrected chi connectivity index (χ2v) is 5.67. The maximum atomic E-state index is 9.86. The maximum absolute atomic E-state index is 9.86. The number of unbranched alkanes of at least 4 members (excludes halogenated alkanes) is 1. The van der Waals surface area contributed by atoms with Gasteiger partial charge in [0, 0.05) is 25.8 Å². The molecule has 0 amide bonds. The molecular formula is C16H30N2O3. The minimum Gasteiger partial charge on any atom is -0.389 e. The lowest BCUT2D eigenvalue weighted by Gasteiger charge is -2.17. The average Bonchev–Trinajstić information content (AvgIpc) is 2.88. The fraction of sp³-hybridized carbons (Fsp3) is 0.812. The van der Waals surface area contributed by atoms with Gasteiger partial charge < -0.3 is 19.7 Å². The van der Waals surface area contributed by atoms with Crippen molar-refractivity contribution in [2.45, 2.75) is 59.1 Å². The highest BCUT2D eigenvalue weighted by molar-refractivity contribution is 5.02. The Balaban J connectivity index is 2.06. The molecule has 0 aliphatic heterocycles. The van der Waals surface area contributed by atoms with E-state index >= 15 is 0 Å². The van der Waals surface area contributed by atoms with Crippen LogP contribution in [0.15, 0.2) is 10.6 Å². The van der Waals surface area contributed by atoms with Crippen LogP contribution in [0.2, 0.25) is 0 Å². The minimum atomic E-state index is -0.485. The summed E-state index contributed by atoms with van der Waals surface area (Å²) in [6.45, 7) is 8.49. The predicted octanol–water partition coefficient (Wildman–Crippen LogP) is 2.67. The van der Waals surface area contributed by atoms with Gasteiger partial charge >= 0.3 is 0 Å². The van der Waals surface area contributed by atoms with Gasteiger partial charge in [-0.25, -0.2) is 0 Å². The molecule has 5 nitrogen and oxygen atoms in total. The van der Waals surface area contributed by atoms with E-state index in [1.165, 1.54) is 19.3 Å². The van der Waals surface area contributed by atoms with E-state index in [-0.39, 0.29) is 0 Å². The average molecular weight is 298 g/mol. The van der Waals surface area contributed by atoms with E-state index in [0.717, 1.165) is 24.5 Å². The lowest BCUT2D eigenvalue weighted by Crippen LogP contribution is -2.30. The smallest absolute Gasteiger partial charge is 0.133 e. The summed E-state index contributed by atoms with van der Waals surface area (Å²) >= 11 is 0. The highest BCUT2D eigenvalue weighted by Crippen LogP contribution is 2.12. The van der Waals surface area contributed by atoms with Crippen molar-refractivity contribution >= 4 is 0 Å². The van der Waals surface area contributed by atoms with Gasteiger partial charge in [-0.05, 0) is 19.3 Å². The number of aliphatic hydroxyl groups is 1. The normalized spacial score (nSPS) is 14.3. The lowest BCUT2D eigenvalue weighted by atomic mass is 10.0. The van der Waals surface area contributed by atoms with Crippen molar-refractivity contribution < 1.29 is 14.4 Å². The van der Waals surface area contributed by atoms with Crippen LogP contribution in [-0.2, 0) is 11.3 Å². The summed E-state index contributed by atoms with van der Waals surface area (Å²) in [5.74, 6) is 1.41. The van der Waals surface area contributed by atoms with Crippen molar-refractivity contribution in [2.75, 3.05) is 19.8 Å². The molecule has 2 atom stereocenters. The van der Waals surface area contributed by atoms with Gasteiger partial charge in [-0.1, -0.05) is 38.3 Å². The number of aromatic nitrogens is 1. The van der Waals surface area contributed by atoms with E-state index in [4.69, 9.17) is 9.26 Å². The fourth-order valence-corrected chi connectivity index (χ4v) is 2.20. The SMILES string of the molecule is CCCCC(CC)COCC(O)CNCc1cc(C)on1. The molecule has 1 aromatic rings. The number of hydrogen-bond donors (Lipinski definition) is 2. The summed E-state index contributed by atoms with van der Waals surface area (Å²) in [6.07, 6.45) is 4.35. The first-order valence-electron chi connectivity index (χ1n) is 8.04. The van der Waals surface area contributed by atoms with Crippen LogP contribution in [0.4, 0.5) is 0 Å². The number of aryl methyl sites for hydroxylation is 1. The summed E-state index contributed by atoms with van der Waals surface area (Å²) in [7, 11) is 0. The van der Waals surface area contributed by atoms with Crippen LogP contribution in [0.5, 0.6) is 0 Å². The number of rotatable bonds is 12. The molecule has 2 N–H and O–H groups in total. The Morgan fingerprint density at radius 1 is 1.38 bits per heavy atom. The molecule has 0 bridgehead atoms. The van der Waals surface area contributed by atoms with Gasteiger partial charge in [0.1, 0.15) is 5.76 Å². The van der Waals surface area contributed by atoms with Gasteiger partial charge in [-0.3, -0.25) is 0 Å². The maximum Gasteiger partial charge on any atom is 0.133 e. The third-order valence-corrected chi connectivity index (χ3v) is 3.57. The second-order valence-electron chi connectivity index (χ2n) is 5.67. The van der Waals surface area contributed by atoms with Crippen LogP contribution >= 0.6 is 0 Å². The third kappa shape index (κ3) is 8.19. The number of ether oxygens (including phenoxy) is 1. The quantitative estimate of drug-likeness (QED) is 0.621. The van der Waals surface area contributed by atoms with Gasteiger partial charge in [0.15, 0.2) is 0 Å². The summed E-state index contributed by atoms with van der Waals surface area (Å²) in [5, 5.41) is 16.9. The van der Waals surface area contributed by atoms with Crippen LogP contribution in [0.3, 0.4) is 0 Å². The van der Waals surface area contributed by atoms with Gasteiger partial charge in [0.05, 0.1) is 18.4 Å². The van der Waals surface area contributed by atoms with Gasteiger partial charge in [-0.15, -0.1) is 0 Å². The molecule has 0 fully saturated rings. The van der Waals surface area contributed by atoms with Crippen molar-refractivity contribution in [3.05, 3.63) is 17.5 Å². The van der Waals surface area contributed by atoms with Crippen molar-refractivity contribution in [3.63, 3.8) is 0 Å². The van der Waals surface area contributed by atoms with Gasteiger partial charge in [0.25, 0.3) is 0 Å². The highest BCUT2D eigenvalue weighted by Gasteiger charge is 2.09. The lowest BCUT2D eigenvalue weighted by molar-refractivity contribution is 0.0192. The molecule has 0 spiro atoms. The van der Waals surface area contributed by atoms with Crippen LogP contribution in [-0.4, -0.2) is 36.1 Å². The third-order valence-electron chi connectivity index (χ3n) is 3.57. The zero-order chi connectivity index (χ0) is 15.5. The Hall–Kier alpha value is -0.910. The largest absolute Gasteiger partial charge is 0.389 e. The van der Waals surface area contributed by atoms with Crippen LogP contribution < -0.4 is 5.32 Å². The fourth-order valence-electron chi connectivity index (χ4n) is 2.20. The Morgan fingerprint density at radius 2 is 2.19 bits per heavy atom. The Kier molecular flexibility index (Phi) is 9.30. The van der Waals surface area contributed by atoms with Crippen LogP contribution in [0.1, 0.15) is 51.0 Å². The van der Waals surface area contributed by atoms with Crippen molar-refractivity contribution in [1.82, 2.24) is 10.5 Å². The summed E-state index contributed by atoms with van der Waals surface area (Å²) < 4.78 is 10.6. The number of hydrogen-bond acceptors (Lipinski definition) is 5. The molecule has 0 radical (unpaired) electrons. The minimum absolute atomic E-state index is 0.382. The monoisotopic (exact) mass is 298 g/mol. The van der Waals surface area contributed by atoms with Gasteiger partial charge in [0.2, 0.25) is 0 Å². The molecule has 0 aromatic carbocycles. The molecule has 0 saturated heterocycles. The molecule has 1 aromatic heterocycles. The first-order valence-corrected chi connectivity index (χ1v) is 8.04. The van der Waals surface area contributed by atoms with Crippen LogP contribution in [0, 0.1) is 12.8 Å². The van der Waals surface area contributed by atoms with E-state index in [1.54, 1.807) is 0 Å². The molecule has 21 heavy (non-hydrogen) atoms. The first kappa shape index (κ1) is 18.1. The van der Waals surface area contributed by atoms with E-state index in [2.05, 4.69) is 24.3 Å². The molecule has 0 saturated carbocycles. The number of aliphatic hydroxyl groups excluding tert-OH is 1. The van der Waals surface area contributed by atoms with E-state index in [9.17, 15) is 5.11 Å². The zero-order valence-electron chi connectivity index (χ0n) is 13.6. The predicted molar refractivity (Wildman–Crippen MR) is 83.1 cm³/mol. The first-order chi connectivity index (χ1) is 10.2. The van der Waals surface area contributed by atoms with E-state index in [1.807, 2.05) is 13.0 Å². The molecule has 1 heterocycles. The van der Waals surface area contributed by atoms with E-state index in [0.29, 0.717) is 25.6 Å². The molecular weight excluding hydrogens is 268 g/mol. The molecule has 0 aliphatic rings. The summed E-state index contributed by atoms with van der Waals surface area (Å²) in [4.78, 5) is 0. The summed E-state index contributed by atoms with van der Waals surface area (Å²) in [6, 6.07) is 1.88. The standard InChI is InChI=1S/C16H30N2O3/c1-4-6-7-14(5-2)11-20-12-16(19)10-17-9-15-8-13(3)21-18-15/h8,14,16-17,19H,4-7,9-12H2,1-3H3. The summed E-state index contributed by atoms with van der Waals surface area (Å²) in [5.41, 5.74) is 0.853. The molecule has 5 heteroatoms. The van der Waals surface area contributed by atoms with E-state index < -0.39 is 6.10 Å². The molecule has 1 rings (SSSR count). The molecule has 122 valence electrons. The van der Waals surface area contributed by atoms with Crippen molar-refractivity contribution in [3.8, 4) is 0 Å². The van der Waals surface area contributed by atoms with Gasteiger partial charge in [-0.2, -0.15) is 0 Å². The van der Waals surface area contributed by atoms with Crippen molar-refractivity contribution in [2.24, 2.45) is 5.92 Å². The second kappa shape index (κ2) is 10.8. The number of nitrogens with zero attached hydrogens (tertiary/aromatic N) is 1. The zero-order valence-corrected chi connectivity index (χ0v) is 13.6. The Bertz CT molecular complexity index is 368. The highest BCUT2D eigenvalue weighted by atomic mass is 16.5. The Labute approximate surface area is 128 Å². The topological polar surface area (TPSA) is 67.5 Å². The van der Waals surface area contributed by atoms with Crippen LogP contribution in [0.25, 0.3) is 0 Å². The molecule has 2 unspecified atom stereocenters. The number of nitrogens with one attached hydrogen (secondary N) is 1. The molecule has 0 aliphatic carbocycles.